The fourth-order valence-corrected chi connectivity index (χ4v) is 3.09. The van der Waals surface area contributed by atoms with Gasteiger partial charge in [-0.1, -0.05) is 19.1 Å². The molecule has 1 aromatic carbocycles. The quantitative estimate of drug-likeness (QED) is 0.295. The number of aromatic nitrogens is 1. The first kappa shape index (κ1) is 23.4. The number of carbonyl (C=O) groups is 1. The molecule has 27 heavy (non-hydrogen) atoms. The van der Waals surface area contributed by atoms with Crippen molar-refractivity contribution in [2.24, 2.45) is 4.99 Å². The van der Waals surface area contributed by atoms with Gasteiger partial charge in [-0.2, -0.15) is 0 Å². The van der Waals surface area contributed by atoms with E-state index in [2.05, 4.69) is 32.9 Å². The summed E-state index contributed by atoms with van der Waals surface area (Å²) >= 11 is 1.72. The summed E-state index contributed by atoms with van der Waals surface area (Å²) in [5.74, 6) is 0.709. The van der Waals surface area contributed by atoms with Crippen molar-refractivity contribution in [2.45, 2.75) is 40.3 Å². The third-order valence-corrected chi connectivity index (χ3v) is 4.82. The highest BCUT2D eigenvalue weighted by Crippen LogP contribution is 2.12. The van der Waals surface area contributed by atoms with E-state index in [1.165, 1.54) is 4.88 Å². The standard InChI is InChI=1S/C19H27N5OS.HI/c1-4-16-12-22-17(26-16)13-24-19(21-6-3)23-11-14-7-9-15(10-8-14)18(25)20-5-2;/h7-10,12H,4-6,11,13H2,1-3H3,(H,20,25)(H2,21,23,24);1H. The summed E-state index contributed by atoms with van der Waals surface area (Å²) in [5.41, 5.74) is 1.72. The zero-order valence-electron chi connectivity index (χ0n) is 16.0. The number of benzene rings is 1. The number of guanidine groups is 1. The van der Waals surface area contributed by atoms with Crippen LogP contribution in [0.15, 0.2) is 35.5 Å². The molecular formula is C19H28IN5OS. The number of halogens is 1. The van der Waals surface area contributed by atoms with Gasteiger partial charge in [-0.25, -0.2) is 9.98 Å². The molecule has 1 amide bonds. The maximum Gasteiger partial charge on any atom is 0.251 e. The highest BCUT2D eigenvalue weighted by Gasteiger charge is 2.05. The average molecular weight is 501 g/mol. The Morgan fingerprint density at radius 2 is 1.78 bits per heavy atom. The predicted molar refractivity (Wildman–Crippen MR) is 123 cm³/mol. The second-order valence-electron chi connectivity index (χ2n) is 5.68. The van der Waals surface area contributed by atoms with Gasteiger partial charge >= 0.3 is 0 Å². The van der Waals surface area contributed by atoms with Crippen LogP contribution in [0.5, 0.6) is 0 Å². The summed E-state index contributed by atoms with van der Waals surface area (Å²) in [7, 11) is 0. The van der Waals surface area contributed by atoms with Crippen LogP contribution >= 0.6 is 35.3 Å². The number of aliphatic imine (C=N–C) groups is 1. The normalized spacial score (nSPS) is 10.9. The Kier molecular flexibility index (Phi) is 11.0. The Morgan fingerprint density at radius 3 is 2.37 bits per heavy atom. The zero-order valence-corrected chi connectivity index (χ0v) is 19.2. The Morgan fingerprint density at radius 1 is 1.07 bits per heavy atom. The van der Waals surface area contributed by atoms with E-state index in [-0.39, 0.29) is 29.9 Å². The summed E-state index contributed by atoms with van der Waals surface area (Å²) in [6.45, 7) is 8.70. The van der Waals surface area contributed by atoms with E-state index in [1.807, 2.05) is 44.3 Å². The van der Waals surface area contributed by atoms with Crippen LogP contribution in [0.1, 0.15) is 46.6 Å². The average Bonchev–Trinajstić information content (AvgIpc) is 3.13. The van der Waals surface area contributed by atoms with Crippen LogP contribution in [-0.4, -0.2) is 29.9 Å². The molecule has 0 radical (unpaired) electrons. The minimum Gasteiger partial charge on any atom is -0.357 e. The number of thiazole rings is 1. The van der Waals surface area contributed by atoms with Gasteiger partial charge in [0.25, 0.3) is 5.91 Å². The van der Waals surface area contributed by atoms with E-state index in [1.54, 1.807) is 11.3 Å². The lowest BCUT2D eigenvalue weighted by atomic mass is 10.1. The van der Waals surface area contributed by atoms with Crippen LogP contribution in [0.25, 0.3) is 0 Å². The van der Waals surface area contributed by atoms with E-state index in [0.717, 1.165) is 29.5 Å². The van der Waals surface area contributed by atoms with E-state index in [0.29, 0.717) is 25.2 Å². The molecule has 1 aromatic heterocycles. The topological polar surface area (TPSA) is 78.4 Å². The SMILES string of the molecule is CCNC(=O)c1ccc(CN=C(NCC)NCc2ncc(CC)s2)cc1.I. The molecule has 0 atom stereocenters. The van der Waals surface area contributed by atoms with Crippen LogP contribution in [0.2, 0.25) is 0 Å². The van der Waals surface area contributed by atoms with Gasteiger partial charge in [0.1, 0.15) is 5.01 Å². The fraction of sp³-hybridized carbons (Fsp3) is 0.421. The van der Waals surface area contributed by atoms with Crippen LogP contribution in [0.4, 0.5) is 0 Å². The minimum atomic E-state index is -0.0487. The molecule has 148 valence electrons. The molecule has 0 spiro atoms. The van der Waals surface area contributed by atoms with Crippen molar-refractivity contribution in [2.75, 3.05) is 13.1 Å². The molecular weight excluding hydrogens is 473 g/mol. The number of carbonyl (C=O) groups excluding carboxylic acids is 1. The summed E-state index contributed by atoms with van der Waals surface area (Å²) in [6.07, 6.45) is 2.94. The third-order valence-electron chi connectivity index (χ3n) is 3.67. The number of aryl methyl sites for hydroxylation is 1. The maximum absolute atomic E-state index is 11.8. The molecule has 0 aliphatic rings. The smallest absolute Gasteiger partial charge is 0.251 e. The molecule has 0 aliphatic heterocycles. The van der Waals surface area contributed by atoms with Crippen LogP contribution in [0, 0.1) is 0 Å². The molecule has 1 heterocycles. The van der Waals surface area contributed by atoms with Crippen molar-refractivity contribution in [1.29, 1.82) is 0 Å². The molecule has 0 bridgehead atoms. The number of amides is 1. The Hall–Kier alpha value is -1.68. The summed E-state index contributed by atoms with van der Waals surface area (Å²) < 4.78 is 0. The van der Waals surface area contributed by atoms with Gasteiger partial charge in [0, 0.05) is 29.7 Å². The van der Waals surface area contributed by atoms with Crippen molar-refractivity contribution in [3.05, 3.63) is 51.5 Å². The molecule has 0 saturated heterocycles. The highest BCUT2D eigenvalue weighted by molar-refractivity contribution is 14.0. The number of hydrogen-bond donors (Lipinski definition) is 3. The van der Waals surface area contributed by atoms with E-state index >= 15 is 0 Å². The predicted octanol–water partition coefficient (Wildman–Crippen LogP) is 3.33. The Bertz CT molecular complexity index is 730. The second kappa shape index (κ2) is 12.7. The van der Waals surface area contributed by atoms with Gasteiger partial charge in [-0.3, -0.25) is 4.79 Å². The van der Waals surface area contributed by atoms with E-state index < -0.39 is 0 Å². The summed E-state index contributed by atoms with van der Waals surface area (Å²) in [6, 6.07) is 7.54. The fourth-order valence-electron chi connectivity index (χ4n) is 2.29. The molecule has 0 fully saturated rings. The summed E-state index contributed by atoms with van der Waals surface area (Å²) in [4.78, 5) is 22.1. The van der Waals surface area contributed by atoms with E-state index in [9.17, 15) is 4.79 Å². The number of nitrogens with one attached hydrogen (secondary N) is 3. The molecule has 2 aromatic rings. The van der Waals surface area contributed by atoms with Gasteiger partial charge in [0.2, 0.25) is 0 Å². The van der Waals surface area contributed by atoms with Gasteiger partial charge in [-0.05, 0) is 38.0 Å². The molecule has 0 aliphatic carbocycles. The molecule has 0 unspecified atom stereocenters. The van der Waals surface area contributed by atoms with Crippen LogP contribution in [-0.2, 0) is 19.5 Å². The molecule has 0 saturated carbocycles. The van der Waals surface area contributed by atoms with Gasteiger partial charge in [0.05, 0.1) is 13.1 Å². The van der Waals surface area contributed by atoms with Crippen LogP contribution in [0.3, 0.4) is 0 Å². The molecule has 6 nitrogen and oxygen atoms in total. The Labute approximate surface area is 182 Å². The van der Waals surface area contributed by atoms with Crippen molar-refractivity contribution in [1.82, 2.24) is 20.9 Å². The number of hydrogen-bond acceptors (Lipinski definition) is 4. The zero-order chi connectivity index (χ0) is 18.8. The molecule has 3 N–H and O–H groups in total. The third kappa shape index (κ3) is 7.84. The maximum atomic E-state index is 11.8. The molecule has 8 heteroatoms. The first-order valence-electron chi connectivity index (χ1n) is 8.99. The van der Waals surface area contributed by atoms with Crippen molar-refractivity contribution in [3.63, 3.8) is 0 Å². The van der Waals surface area contributed by atoms with Gasteiger partial charge in [0.15, 0.2) is 5.96 Å². The van der Waals surface area contributed by atoms with E-state index in [4.69, 9.17) is 0 Å². The lowest BCUT2D eigenvalue weighted by Crippen LogP contribution is -2.36. The highest BCUT2D eigenvalue weighted by atomic mass is 127. The number of nitrogens with zero attached hydrogens (tertiary/aromatic N) is 2. The monoisotopic (exact) mass is 501 g/mol. The van der Waals surface area contributed by atoms with Crippen molar-refractivity contribution in [3.8, 4) is 0 Å². The van der Waals surface area contributed by atoms with Crippen molar-refractivity contribution < 1.29 is 4.79 Å². The minimum absolute atomic E-state index is 0. The lowest BCUT2D eigenvalue weighted by molar-refractivity contribution is 0.0956. The first-order valence-corrected chi connectivity index (χ1v) is 9.80. The van der Waals surface area contributed by atoms with Crippen molar-refractivity contribution >= 4 is 47.2 Å². The Balaban J connectivity index is 0.00000364. The van der Waals surface area contributed by atoms with Crippen LogP contribution < -0.4 is 16.0 Å². The first-order chi connectivity index (χ1) is 12.7. The number of rotatable bonds is 8. The lowest BCUT2D eigenvalue weighted by Gasteiger charge is -2.10. The molecule has 2 rings (SSSR count). The second-order valence-corrected chi connectivity index (χ2v) is 6.88. The van der Waals surface area contributed by atoms with Gasteiger partial charge in [-0.15, -0.1) is 35.3 Å². The largest absolute Gasteiger partial charge is 0.357 e. The summed E-state index contributed by atoms with van der Waals surface area (Å²) in [5, 5.41) is 10.4. The van der Waals surface area contributed by atoms with Gasteiger partial charge < -0.3 is 16.0 Å².